The van der Waals surface area contributed by atoms with E-state index in [0.717, 1.165) is 26.9 Å². The second-order valence-corrected chi connectivity index (χ2v) is 5.68. The van der Waals surface area contributed by atoms with Crippen molar-refractivity contribution in [2.24, 2.45) is 0 Å². The first-order chi connectivity index (χ1) is 10.2. The maximum Gasteiger partial charge on any atom is 0.141 e. The molecule has 4 nitrogen and oxygen atoms in total. The zero-order chi connectivity index (χ0) is 14.8. The summed E-state index contributed by atoms with van der Waals surface area (Å²) in [6.45, 7) is 0. The third-order valence-electron chi connectivity index (χ3n) is 3.01. The lowest BCUT2D eigenvalue weighted by Crippen LogP contribution is -1.96. The fourth-order valence-corrected chi connectivity index (χ4v) is 2.63. The number of aromatic nitrogens is 2. The molecule has 3 aromatic rings. The molecule has 0 atom stereocenters. The highest BCUT2D eigenvalue weighted by atomic mass is 79.9. The Morgan fingerprint density at radius 1 is 1.14 bits per heavy atom. The number of ether oxygens (including phenoxy) is 1. The van der Waals surface area contributed by atoms with Gasteiger partial charge in [-0.15, -0.1) is 0 Å². The van der Waals surface area contributed by atoms with E-state index in [9.17, 15) is 0 Å². The van der Waals surface area contributed by atoms with Crippen LogP contribution < -0.4 is 10.1 Å². The van der Waals surface area contributed by atoms with E-state index >= 15 is 0 Å². The van der Waals surface area contributed by atoms with Gasteiger partial charge < -0.3 is 10.1 Å². The van der Waals surface area contributed by atoms with Crippen molar-refractivity contribution in [3.63, 3.8) is 0 Å². The van der Waals surface area contributed by atoms with Gasteiger partial charge in [-0.25, -0.2) is 9.97 Å². The quantitative estimate of drug-likeness (QED) is 0.725. The van der Waals surface area contributed by atoms with Crippen molar-refractivity contribution < 1.29 is 4.74 Å². The first-order valence-electron chi connectivity index (χ1n) is 6.18. The molecular weight excluding hydrogens is 354 g/mol. The maximum atomic E-state index is 6.13. The van der Waals surface area contributed by atoms with Gasteiger partial charge >= 0.3 is 0 Å². The molecule has 0 amide bonds. The summed E-state index contributed by atoms with van der Waals surface area (Å²) in [5.41, 5.74) is 1.70. The van der Waals surface area contributed by atoms with Gasteiger partial charge in [0.05, 0.1) is 17.6 Å². The molecule has 6 heteroatoms. The summed E-state index contributed by atoms with van der Waals surface area (Å²) < 4.78 is 6.12. The van der Waals surface area contributed by atoms with Crippen molar-refractivity contribution in [2.75, 3.05) is 12.4 Å². The predicted molar refractivity (Wildman–Crippen MR) is 88.5 cm³/mol. The molecule has 0 saturated heterocycles. The number of nitrogens with one attached hydrogen (secondary N) is 1. The van der Waals surface area contributed by atoms with Crippen LogP contribution in [-0.4, -0.2) is 17.1 Å². The van der Waals surface area contributed by atoms with E-state index in [1.165, 1.54) is 6.33 Å². The van der Waals surface area contributed by atoms with Gasteiger partial charge in [-0.3, -0.25) is 0 Å². The Hall–Kier alpha value is -1.85. The van der Waals surface area contributed by atoms with Gasteiger partial charge in [-0.2, -0.15) is 0 Å². The molecular formula is C15H11BrClN3O. The van der Waals surface area contributed by atoms with Crippen LogP contribution in [-0.2, 0) is 0 Å². The fraction of sp³-hybridized carbons (Fsp3) is 0.0667. The van der Waals surface area contributed by atoms with Crippen LogP contribution in [0, 0.1) is 0 Å². The van der Waals surface area contributed by atoms with Crippen LogP contribution in [0.1, 0.15) is 0 Å². The Kier molecular flexibility index (Phi) is 3.94. The minimum absolute atomic E-state index is 0.544. The first-order valence-corrected chi connectivity index (χ1v) is 7.35. The van der Waals surface area contributed by atoms with Crippen molar-refractivity contribution in [3.8, 4) is 5.75 Å². The molecule has 0 spiro atoms. The summed E-state index contributed by atoms with van der Waals surface area (Å²) in [5, 5.41) is 4.73. The van der Waals surface area contributed by atoms with Crippen molar-refractivity contribution in [1.29, 1.82) is 0 Å². The largest absolute Gasteiger partial charge is 0.495 e. The smallest absolute Gasteiger partial charge is 0.141 e. The molecule has 21 heavy (non-hydrogen) atoms. The topological polar surface area (TPSA) is 47.0 Å². The number of rotatable bonds is 3. The van der Waals surface area contributed by atoms with Crippen LogP contribution >= 0.6 is 27.5 Å². The first kappa shape index (κ1) is 14.1. The molecule has 0 radical (unpaired) electrons. The second-order valence-electron chi connectivity index (χ2n) is 4.36. The predicted octanol–water partition coefficient (Wildman–Crippen LogP) is 4.80. The Morgan fingerprint density at radius 2 is 2.00 bits per heavy atom. The molecule has 0 aliphatic heterocycles. The van der Waals surface area contributed by atoms with Gasteiger partial charge in [0.15, 0.2) is 0 Å². The number of hydrogen-bond acceptors (Lipinski definition) is 4. The average molecular weight is 365 g/mol. The van der Waals surface area contributed by atoms with Crippen LogP contribution in [0.25, 0.3) is 10.9 Å². The minimum Gasteiger partial charge on any atom is -0.495 e. The fourth-order valence-electron chi connectivity index (χ4n) is 2.01. The average Bonchev–Trinajstić information content (AvgIpc) is 2.48. The summed E-state index contributed by atoms with van der Waals surface area (Å²) in [6.07, 6.45) is 1.53. The van der Waals surface area contributed by atoms with E-state index < -0.39 is 0 Å². The lowest BCUT2D eigenvalue weighted by Gasteiger charge is -2.10. The lowest BCUT2D eigenvalue weighted by atomic mass is 10.2. The van der Waals surface area contributed by atoms with E-state index in [1.807, 2.05) is 30.3 Å². The molecule has 0 aliphatic carbocycles. The summed E-state index contributed by atoms with van der Waals surface area (Å²) >= 11 is 9.60. The molecule has 1 heterocycles. The highest BCUT2D eigenvalue weighted by Crippen LogP contribution is 2.30. The van der Waals surface area contributed by atoms with E-state index in [4.69, 9.17) is 16.3 Å². The number of anilines is 2. The van der Waals surface area contributed by atoms with Crippen molar-refractivity contribution in [2.45, 2.75) is 0 Å². The maximum absolute atomic E-state index is 6.13. The van der Waals surface area contributed by atoms with Gasteiger partial charge in [-0.1, -0.05) is 27.5 Å². The summed E-state index contributed by atoms with van der Waals surface area (Å²) in [6, 6.07) is 11.4. The molecule has 2 aromatic carbocycles. The Balaban J connectivity index is 2.01. The zero-order valence-electron chi connectivity index (χ0n) is 11.1. The Bertz CT molecular complexity index is 810. The van der Waals surface area contributed by atoms with Gasteiger partial charge in [0.1, 0.15) is 17.9 Å². The van der Waals surface area contributed by atoms with Crippen LogP contribution in [0.2, 0.25) is 5.02 Å². The molecule has 106 valence electrons. The minimum atomic E-state index is 0.544. The number of nitrogens with zero attached hydrogens (tertiary/aromatic N) is 2. The molecule has 0 bridgehead atoms. The van der Waals surface area contributed by atoms with Crippen LogP contribution in [0.4, 0.5) is 11.5 Å². The monoisotopic (exact) mass is 363 g/mol. The van der Waals surface area contributed by atoms with Gasteiger partial charge in [0.2, 0.25) is 0 Å². The molecule has 0 unspecified atom stereocenters. The third-order valence-corrected chi connectivity index (χ3v) is 3.80. The van der Waals surface area contributed by atoms with E-state index in [2.05, 4.69) is 31.2 Å². The molecule has 0 fully saturated rings. The normalized spacial score (nSPS) is 10.6. The molecule has 0 aliphatic rings. The van der Waals surface area contributed by atoms with Crippen molar-refractivity contribution >= 4 is 49.9 Å². The molecule has 1 N–H and O–H groups in total. The standard InChI is InChI=1S/C15H11BrClN3O/c1-21-14-5-3-10(7-12(14)17)20-15-11-6-9(16)2-4-13(11)18-8-19-15/h2-8H,1H3,(H,18,19,20). The number of hydrogen-bond donors (Lipinski definition) is 1. The SMILES string of the molecule is COc1ccc(Nc2ncnc3ccc(Br)cc23)cc1Cl. The number of methoxy groups -OCH3 is 1. The summed E-state index contributed by atoms with van der Waals surface area (Å²) in [7, 11) is 1.59. The van der Waals surface area contributed by atoms with Crippen molar-refractivity contribution in [3.05, 3.63) is 52.2 Å². The van der Waals surface area contributed by atoms with Crippen LogP contribution in [0.3, 0.4) is 0 Å². The Morgan fingerprint density at radius 3 is 2.76 bits per heavy atom. The molecule has 3 rings (SSSR count). The van der Waals surface area contributed by atoms with Crippen LogP contribution in [0.15, 0.2) is 47.2 Å². The Labute approximate surface area is 135 Å². The zero-order valence-corrected chi connectivity index (χ0v) is 13.4. The van der Waals surface area contributed by atoms with Crippen molar-refractivity contribution in [1.82, 2.24) is 9.97 Å². The number of halogens is 2. The molecule has 0 saturated carbocycles. The lowest BCUT2D eigenvalue weighted by molar-refractivity contribution is 0.415. The van der Waals surface area contributed by atoms with E-state index in [0.29, 0.717) is 10.8 Å². The van der Waals surface area contributed by atoms with Gasteiger partial charge in [0, 0.05) is 15.5 Å². The van der Waals surface area contributed by atoms with Gasteiger partial charge in [0.25, 0.3) is 0 Å². The molecule has 1 aromatic heterocycles. The summed E-state index contributed by atoms with van der Waals surface area (Å²) in [4.78, 5) is 8.55. The third kappa shape index (κ3) is 2.94. The highest BCUT2D eigenvalue weighted by Gasteiger charge is 2.07. The van der Waals surface area contributed by atoms with Gasteiger partial charge in [-0.05, 0) is 36.4 Å². The number of fused-ring (bicyclic) bond motifs is 1. The van der Waals surface area contributed by atoms with E-state index in [-0.39, 0.29) is 0 Å². The number of benzene rings is 2. The highest BCUT2D eigenvalue weighted by molar-refractivity contribution is 9.10. The second kappa shape index (κ2) is 5.87. The van der Waals surface area contributed by atoms with E-state index in [1.54, 1.807) is 13.2 Å². The van der Waals surface area contributed by atoms with Crippen LogP contribution in [0.5, 0.6) is 5.75 Å². The summed E-state index contributed by atoms with van der Waals surface area (Å²) in [5.74, 6) is 1.36.